The number of rotatable bonds is 6. The summed E-state index contributed by atoms with van der Waals surface area (Å²) >= 11 is 1.39. The van der Waals surface area contributed by atoms with Gasteiger partial charge >= 0.3 is 0 Å². The van der Waals surface area contributed by atoms with Crippen LogP contribution in [0.15, 0.2) is 106 Å². The zero-order valence-electron chi connectivity index (χ0n) is 30.2. The molecule has 2 aromatic carbocycles. The van der Waals surface area contributed by atoms with E-state index in [-0.39, 0.29) is 27.6 Å². The molecule has 0 spiro atoms. The lowest BCUT2D eigenvalue weighted by Gasteiger charge is -2.22. The van der Waals surface area contributed by atoms with Crippen molar-refractivity contribution < 1.29 is 25.3 Å². The topological polar surface area (TPSA) is 186 Å². The highest BCUT2D eigenvalue weighted by Crippen LogP contribution is 2.44. The van der Waals surface area contributed by atoms with Crippen LogP contribution in [-0.4, -0.2) is 80.8 Å². The zero-order chi connectivity index (χ0) is 38.8. The smallest absolute Gasteiger partial charge is 0.255 e. The number of hydrogen-bond donors (Lipinski definition) is 0. The fourth-order valence-electron chi connectivity index (χ4n) is 6.57. The first-order valence-electron chi connectivity index (χ1n) is 16.6. The van der Waals surface area contributed by atoms with E-state index in [1.54, 1.807) is 54.9 Å². The van der Waals surface area contributed by atoms with Gasteiger partial charge in [0.1, 0.15) is 9.79 Å². The van der Waals surface area contributed by atoms with Gasteiger partial charge in [0, 0.05) is 76.9 Å². The third kappa shape index (κ3) is 6.43. The molecule has 18 heteroatoms. The molecule has 0 amide bonds. The van der Waals surface area contributed by atoms with Gasteiger partial charge < -0.3 is 0 Å². The molecule has 4 aromatic heterocycles. The van der Waals surface area contributed by atoms with E-state index in [0.717, 1.165) is 21.5 Å². The third-order valence-corrected chi connectivity index (χ3v) is 14.3. The van der Waals surface area contributed by atoms with E-state index in [2.05, 4.69) is 29.9 Å². The number of para-hydroxylation sites is 2. The van der Waals surface area contributed by atoms with Crippen molar-refractivity contribution in [2.75, 3.05) is 34.2 Å². The van der Waals surface area contributed by atoms with Gasteiger partial charge in [0.2, 0.25) is 15.0 Å². The van der Waals surface area contributed by atoms with Crippen LogP contribution < -0.4 is 8.61 Å². The molecule has 0 unspecified atom stereocenters. The van der Waals surface area contributed by atoms with Gasteiger partial charge in [-0.3, -0.25) is 9.97 Å². The van der Waals surface area contributed by atoms with Gasteiger partial charge in [-0.1, -0.05) is 75.9 Å². The molecule has 280 valence electrons. The number of pyridine rings is 2. The van der Waals surface area contributed by atoms with Crippen LogP contribution in [-0.2, 0) is 40.7 Å². The second-order valence-electron chi connectivity index (χ2n) is 14.2. The maximum absolute atomic E-state index is 13.5. The number of fused-ring (bicyclic) bond motifs is 4. The largest absolute Gasteiger partial charge is 0.267 e. The number of anilines is 2. The van der Waals surface area contributed by atoms with Crippen LogP contribution in [0.3, 0.4) is 0 Å². The summed E-state index contributed by atoms with van der Waals surface area (Å²) in [5, 5.41) is 1.64. The van der Waals surface area contributed by atoms with Crippen LogP contribution in [0.5, 0.6) is 0 Å². The first kappa shape index (κ1) is 37.5. The number of hydrogen-bond acceptors (Lipinski definition) is 13. The van der Waals surface area contributed by atoms with Crippen molar-refractivity contribution in [1.82, 2.24) is 29.9 Å². The summed E-state index contributed by atoms with van der Waals surface area (Å²) in [6.07, 6.45) is 9.14. The molecule has 6 heterocycles. The summed E-state index contributed by atoms with van der Waals surface area (Å²) in [6.45, 7) is 8.18. The molecule has 6 aromatic rings. The molecule has 0 N–H and O–H groups in total. The van der Waals surface area contributed by atoms with Crippen molar-refractivity contribution in [3.05, 3.63) is 96.6 Å². The molecule has 0 bridgehead atoms. The average Bonchev–Trinajstić information content (AvgIpc) is 3.59. The minimum absolute atomic E-state index is 0.0498. The van der Waals surface area contributed by atoms with Crippen LogP contribution in [0.1, 0.15) is 38.8 Å². The summed E-state index contributed by atoms with van der Waals surface area (Å²) in [5.41, 5.74) is 1.31. The van der Waals surface area contributed by atoms with E-state index in [4.69, 9.17) is 0 Å². The van der Waals surface area contributed by atoms with Crippen molar-refractivity contribution in [1.29, 1.82) is 0 Å². The summed E-state index contributed by atoms with van der Waals surface area (Å²) in [5.74, 6) is 0.552. The van der Waals surface area contributed by atoms with Gasteiger partial charge in [0.15, 0.2) is 16.8 Å². The quantitative estimate of drug-likeness (QED) is 0.159. The van der Waals surface area contributed by atoms with Gasteiger partial charge in [-0.15, -0.1) is 0 Å². The number of sulfonamides is 2. The summed E-state index contributed by atoms with van der Waals surface area (Å²) in [6, 6.07) is 17.3. The maximum Gasteiger partial charge on any atom is 0.267 e. The van der Waals surface area contributed by atoms with Crippen molar-refractivity contribution in [3.8, 4) is 0 Å². The monoisotopic (exact) mass is 804 g/mol. The first-order valence-corrected chi connectivity index (χ1v) is 22.6. The van der Waals surface area contributed by atoms with Crippen molar-refractivity contribution >= 4 is 75.1 Å². The van der Waals surface area contributed by atoms with Crippen LogP contribution in [0.2, 0.25) is 0 Å². The fraction of sp³-hybridized carbons (Fsp3) is 0.278. The number of thioether (sulfide) groups is 1. The molecular weight excluding hydrogens is 769 g/mol. The number of aromatic nitrogens is 6. The molecule has 0 radical (unpaired) electrons. The lowest BCUT2D eigenvalue weighted by Crippen LogP contribution is -2.34. The predicted molar refractivity (Wildman–Crippen MR) is 208 cm³/mol. The zero-order valence-corrected chi connectivity index (χ0v) is 33.4. The molecule has 0 atom stereocenters. The van der Waals surface area contributed by atoms with Crippen molar-refractivity contribution in [2.24, 2.45) is 0 Å². The Labute approximate surface area is 318 Å². The second-order valence-corrected chi connectivity index (χ2v) is 20.6. The number of nitrogens with zero attached hydrogens (tertiary/aromatic N) is 8. The lowest BCUT2D eigenvalue weighted by atomic mass is 9.89. The molecule has 14 nitrogen and oxygen atoms in total. The van der Waals surface area contributed by atoms with Gasteiger partial charge in [0.05, 0.1) is 11.0 Å². The first-order chi connectivity index (χ1) is 25.4. The Bertz CT molecular complexity index is 2810. The summed E-state index contributed by atoms with van der Waals surface area (Å²) in [4.78, 5) is 25.6. The SMILES string of the molecule is CC1(C)CN(S(=O)(=O)c2cccc3cccnc23)c2nc(S(C)(=O)=O)ncc21.CSc1ncc2c(n1)N(S(=O)(=O)c1cccc3cccnc13)CC2(C)C. The van der Waals surface area contributed by atoms with Gasteiger partial charge in [0.25, 0.3) is 20.0 Å². The average molecular weight is 805 g/mol. The molecular formula is C36H36N8O6S4. The van der Waals surface area contributed by atoms with Crippen LogP contribution in [0.25, 0.3) is 21.8 Å². The maximum atomic E-state index is 13.5. The highest BCUT2D eigenvalue weighted by atomic mass is 32.2. The molecule has 0 aliphatic carbocycles. The van der Waals surface area contributed by atoms with Crippen molar-refractivity contribution in [2.45, 2.75) is 58.6 Å². The third-order valence-electron chi connectivity index (χ3n) is 9.34. The minimum Gasteiger partial charge on any atom is -0.255 e. The molecule has 0 saturated carbocycles. The van der Waals surface area contributed by atoms with Crippen LogP contribution in [0, 0.1) is 0 Å². The normalized spacial score (nSPS) is 16.2. The summed E-state index contributed by atoms with van der Waals surface area (Å²) in [7, 11) is -11.5. The van der Waals surface area contributed by atoms with Gasteiger partial charge in [-0.2, -0.15) is 4.98 Å². The minimum atomic E-state index is -4.03. The number of sulfone groups is 1. The Kier molecular flexibility index (Phi) is 9.18. The Hall–Kier alpha value is -4.78. The molecule has 8 rings (SSSR count). The highest BCUT2D eigenvalue weighted by Gasteiger charge is 2.45. The second kappa shape index (κ2) is 13.2. The Morgan fingerprint density at radius 1 is 0.611 bits per heavy atom. The van der Waals surface area contributed by atoms with Gasteiger partial charge in [-0.25, -0.2) is 48.8 Å². The standard InChI is InChI=1S/C18H18N4O4S2.C18H18N4O2S2/c1-18(2)11-22(16-13(18)10-20-17(21-16)27(3,23)24)28(25,26)14-8-4-6-12-7-5-9-19-15(12)14;1-18(2)11-22(16-13(18)10-20-17(21-16)25-3)26(23,24)14-8-4-6-12-7-5-9-19-15(12)14/h4-10H,11H2,1-3H3;4-10H,11H2,1-3H3. The highest BCUT2D eigenvalue weighted by molar-refractivity contribution is 7.98. The molecule has 54 heavy (non-hydrogen) atoms. The van der Waals surface area contributed by atoms with E-state index in [1.165, 1.54) is 34.5 Å². The molecule has 2 aliphatic heterocycles. The van der Waals surface area contributed by atoms with Crippen LogP contribution in [0.4, 0.5) is 11.6 Å². The Balaban J connectivity index is 0.000000167. The Morgan fingerprint density at radius 2 is 1.06 bits per heavy atom. The molecule has 2 aliphatic rings. The molecule has 0 fully saturated rings. The molecule has 0 saturated heterocycles. The van der Waals surface area contributed by atoms with Crippen molar-refractivity contribution in [3.63, 3.8) is 0 Å². The Morgan fingerprint density at radius 3 is 1.52 bits per heavy atom. The predicted octanol–water partition coefficient (Wildman–Crippen LogP) is 5.15. The van der Waals surface area contributed by atoms with E-state index in [1.807, 2.05) is 46.1 Å². The van der Waals surface area contributed by atoms with E-state index < -0.39 is 40.5 Å². The van der Waals surface area contributed by atoms with Gasteiger partial charge in [-0.05, 0) is 30.5 Å². The van der Waals surface area contributed by atoms with E-state index >= 15 is 0 Å². The lowest BCUT2D eigenvalue weighted by molar-refractivity contribution is 0.553. The van der Waals surface area contributed by atoms with E-state index in [0.29, 0.717) is 39.5 Å². The van der Waals surface area contributed by atoms with Crippen LogP contribution >= 0.6 is 11.8 Å². The van der Waals surface area contributed by atoms with E-state index in [9.17, 15) is 25.3 Å². The fourth-order valence-corrected chi connectivity index (χ4v) is 10.9. The number of benzene rings is 2. The summed E-state index contributed by atoms with van der Waals surface area (Å²) < 4.78 is 80.4.